The third-order valence-corrected chi connectivity index (χ3v) is 8.91. The summed E-state index contributed by atoms with van der Waals surface area (Å²) in [6.45, 7) is 0.922. The Morgan fingerprint density at radius 3 is 2.77 bits per heavy atom. The van der Waals surface area contributed by atoms with Crippen LogP contribution in [0, 0.1) is 23.6 Å². The van der Waals surface area contributed by atoms with Crippen LogP contribution >= 0.6 is 0 Å². The lowest BCUT2D eigenvalue weighted by Gasteiger charge is -2.28. The minimum absolute atomic E-state index is 0.0111. The van der Waals surface area contributed by atoms with Gasteiger partial charge in [-0.1, -0.05) is 51.0 Å². The number of amides is 1. The van der Waals surface area contributed by atoms with Crippen LogP contribution in [0.15, 0.2) is 29.3 Å². The van der Waals surface area contributed by atoms with Gasteiger partial charge in [-0.3, -0.25) is 4.79 Å². The average Bonchev–Trinajstić information content (AvgIpc) is 3.70. The van der Waals surface area contributed by atoms with E-state index >= 15 is 0 Å². The zero-order valence-electron chi connectivity index (χ0n) is 22.9. The first-order valence-electron chi connectivity index (χ1n) is 14.7. The number of esters is 1. The zero-order valence-corrected chi connectivity index (χ0v) is 22.9. The lowest BCUT2D eigenvalue weighted by Crippen LogP contribution is -2.35. The number of methoxy groups -OCH3 is 1. The van der Waals surface area contributed by atoms with Gasteiger partial charge < -0.3 is 19.5 Å². The van der Waals surface area contributed by atoms with Gasteiger partial charge in [0, 0.05) is 18.5 Å². The fraction of sp³-hybridized carbons (Fsp3) is 0.645. The monoisotopic (exact) mass is 540 g/mol. The van der Waals surface area contributed by atoms with Crippen LogP contribution in [0.25, 0.3) is 6.08 Å². The van der Waals surface area contributed by atoms with Gasteiger partial charge in [0.15, 0.2) is 11.9 Å². The highest BCUT2D eigenvalue weighted by molar-refractivity contribution is 5.90. The molecule has 0 spiro atoms. The first-order chi connectivity index (χ1) is 19.0. The van der Waals surface area contributed by atoms with Crippen molar-refractivity contribution in [2.75, 3.05) is 20.3 Å². The molecule has 1 saturated carbocycles. The molecule has 0 radical (unpaired) electrons. The molecule has 2 saturated heterocycles. The van der Waals surface area contributed by atoms with E-state index in [2.05, 4.69) is 5.32 Å². The highest BCUT2D eigenvalue weighted by Gasteiger charge is 2.53. The van der Waals surface area contributed by atoms with E-state index in [4.69, 9.17) is 19.2 Å². The van der Waals surface area contributed by atoms with Gasteiger partial charge in [-0.05, 0) is 60.9 Å². The van der Waals surface area contributed by atoms with E-state index in [0.29, 0.717) is 18.9 Å². The number of rotatable bonds is 11. The lowest BCUT2D eigenvalue weighted by molar-refractivity contribution is -0.134. The number of hydrogen-bond acceptors (Lipinski definition) is 6. The molecule has 0 aromatic heterocycles. The molecule has 39 heavy (non-hydrogen) atoms. The number of hydrogen-bond donors (Lipinski definition) is 1. The number of nitrogens with zero attached hydrogens (tertiary/aromatic N) is 1. The van der Waals surface area contributed by atoms with Crippen molar-refractivity contribution in [1.29, 1.82) is 0 Å². The number of fused-ring (bicyclic) bond motifs is 2. The molecule has 1 N–H and O–H groups in total. The highest BCUT2D eigenvalue weighted by Crippen LogP contribution is 2.46. The van der Waals surface area contributed by atoms with Gasteiger partial charge in [-0.25, -0.2) is 14.2 Å². The molecule has 1 aromatic carbocycles. The zero-order chi connectivity index (χ0) is 27.2. The third kappa shape index (κ3) is 6.89. The molecule has 5 rings (SSSR count). The largest absolute Gasteiger partial charge is 0.478 e. The molecule has 4 aliphatic rings. The molecule has 1 amide bonds. The minimum Gasteiger partial charge on any atom is -0.478 e. The smallest absolute Gasteiger partial charge is 0.330 e. The predicted octanol–water partition coefficient (Wildman–Crippen LogP) is 5.01. The number of nitrogens with one attached hydrogen (secondary N) is 1. The first-order valence-corrected chi connectivity index (χ1v) is 14.7. The van der Waals surface area contributed by atoms with Crippen molar-refractivity contribution in [3.8, 4) is 0 Å². The van der Waals surface area contributed by atoms with Crippen molar-refractivity contribution < 1.29 is 28.2 Å². The summed E-state index contributed by atoms with van der Waals surface area (Å²) in [5.41, 5.74) is 1.56. The Hall–Kier alpha value is -2.74. The highest BCUT2D eigenvalue weighted by atomic mass is 19.1. The van der Waals surface area contributed by atoms with E-state index in [1.807, 2.05) is 0 Å². The minimum atomic E-state index is -0.536. The number of carbonyl (C=O) groups excluding carboxylic acids is 2. The maximum absolute atomic E-state index is 14.2. The van der Waals surface area contributed by atoms with Crippen LogP contribution in [-0.4, -0.2) is 56.3 Å². The summed E-state index contributed by atoms with van der Waals surface area (Å²) in [6.07, 6.45) is 15.7. The number of benzene rings is 1. The van der Waals surface area contributed by atoms with Gasteiger partial charge in [-0.2, -0.15) is 0 Å². The Kier molecular flexibility index (Phi) is 9.32. The van der Waals surface area contributed by atoms with Gasteiger partial charge in [0.1, 0.15) is 12.4 Å². The Balaban J connectivity index is 1.18. The van der Waals surface area contributed by atoms with E-state index in [9.17, 15) is 14.0 Å². The van der Waals surface area contributed by atoms with Gasteiger partial charge in [0.25, 0.3) is 0 Å². The fourth-order valence-corrected chi connectivity index (χ4v) is 6.84. The van der Waals surface area contributed by atoms with E-state index in [1.54, 1.807) is 12.1 Å². The molecule has 212 valence electrons. The van der Waals surface area contributed by atoms with Gasteiger partial charge in [-0.15, -0.1) is 0 Å². The number of carbonyl (C=O) groups is 2. The Bertz CT molecular complexity index is 1080. The SMILES string of the molecule is COC(=O)/C=C/c1ccc(F)cc1CC1C2CCC(O2)C1C1=NC(C(=O)NCCCCC2CCCCC2)CO1. The topological polar surface area (TPSA) is 86.2 Å². The van der Waals surface area contributed by atoms with Crippen LogP contribution in [0.4, 0.5) is 4.39 Å². The van der Waals surface area contributed by atoms with Gasteiger partial charge in [0.05, 0.1) is 25.2 Å². The summed E-state index contributed by atoms with van der Waals surface area (Å²) in [7, 11) is 1.32. The van der Waals surface area contributed by atoms with Crippen LogP contribution in [0.2, 0.25) is 0 Å². The van der Waals surface area contributed by atoms with Crippen LogP contribution in [0.3, 0.4) is 0 Å². The second kappa shape index (κ2) is 13.1. The molecule has 7 nitrogen and oxygen atoms in total. The van der Waals surface area contributed by atoms with Gasteiger partial charge in [0.2, 0.25) is 5.91 Å². The maximum Gasteiger partial charge on any atom is 0.330 e. The number of aliphatic imine (C=N–C) groups is 1. The summed E-state index contributed by atoms with van der Waals surface area (Å²) in [5, 5.41) is 3.06. The maximum atomic E-state index is 14.2. The summed E-state index contributed by atoms with van der Waals surface area (Å²) in [6, 6.07) is 4.04. The first kappa shape index (κ1) is 27.8. The molecular formula is C31H41FN2O5. The van der Waals surface area contributed by atoms with Crippen LogP contribution in [0.1, 0.15) is 75.3 Å². The van der Waals surface area contributed by atoms with Crippen molar-refractivity contribution >= 4 is 23.9 Å². The molecule has 3 fully saturated rings. The Labute approximate surface area is 230 Å². The molecule has 1 aliphatic carbocycles. The van der Waals surface area contributed by atoms with E-state index < -0.39 is 12.0 Å². The molecule has 5 unspecified atom stereocenters. The van der Waals surface area contributed by atoms with Crippen LogP contribution in [0.5, 0.6) is 0 Å². The molecule has 8 heteroatoms. The molecule has 3 aliphatic heterocycles. The Morgan fingerprint density at radius 1 is 1.13 bits per heavy atom. The second-order valence-electron chi connectivity index (χ2n) is 11.5. The van der Waals surface area contributed by atoms with Crippen molar-refractivity contribution in [3.05, 3.63) is 41.2 Å². The quantitative estimate of drug-likeness (QED) is 0.242. The molecule has 2 bridgehead atoms. The molecule has 5 atom stereocenters. The molecular weight excluding hydrogens is 499 g/mol. The molecule has 1 aromatic rings. The number of ether oxygens (including phenoxy) is 3. The standard InChI is InChI=1S/C31H41FN2O5/c1-37-28(35)15-11-21-10-12-23(32)17-22(21)18-24-26-13-14-27(39-26)29(24)31-34-25(19-38-31)30(36)33-16-6-5-9-20-7-3-2-4-8-20/h10-12,15,17,20,24-27,29H,2-9,13-14,16,18-19H2,1H3,(H,33,36)/b15-11+. The summed E-state index contributed by atoms with van der Waals surface area (Å²) < 4.78 is 31.2. The number of halogens is 1. The lowest BCUT2D eigenvalue weighted by atomic mass is 9.75. The van der Waals surface area contributed by atoms with E-state index in [0.717, 1.165) is 42.7 Å². The van der Waals surface area contributed by atoms with Crippen LogP contribution < -0.4 is 5.32 Å². The van der Waals surface area contributed by atoms with E-state index in [-0.39, 0.29) is 42.4 Å². The number of unbranched alkanes of at least 4 members (excludes halogenated alkanes) is 1. The van der Waals surface area contributed by atoms with Gasteiger partial charge >= 0.3 is 5.97 Å². The van der Waals surface area contributed by atoms with Crippen molar-refractivity contribution in [2.24, 2.45) is 22.7 Å². The summed E-state index contributed by atoms with van der Waals surface area (Å²) in [4.78, 5) is 29.2. The van der Waals surface area contributed by atoms with Crippen LogP contribution in [-0.2, 0) is 30.2 Å². The van der Waals surface area contributed by atoms with Crippen molar-refractivity contribution in [1.82, 2.24) is 5.32 Å². The second-order valence-corrected chi connectivity index (χ2v) is 11.5. The van der Waals surface area contributed by atoms with E-state index in [1.165, 1.54) is 63.8 Å². The van der Waals surface area contributed by atoms with Crippen molar-refractivity contribution in [2.45, 2.75) is 88.9 Å². The summed E-state index contributed by atoms with van der Waals surface area (Å²) >= 11 is 0. The normalized spacial score (nSPS) is 28.5. The predicted molar refractivity (Wildman–Crippen MR) is 147 cm³/mol. The summed E-state index contributed by atoms with van der Waals surface area (Å²) in [5.74, 6) is 0.568. The Morgan fingerprint density at radius 2 is 1.95 bits per heavy atom. The molecule has 3 heterocycles. The van der Waals surface area contributed by atoms with Crippen molar-refractivity contribution in [3.63, 3.8) is 0 Å². The third-order valence-electron chi connectivity index (χ3n) is 8.91. The average molecular weight is 541 g/mol. The fourth-order valence-electron chi connectivity index (χ4n) is 6.84.